The van der Waals surface area contributed by atoms with Crippen molar-refractivity contribution in [3.63, 3.8) is 0 Å². The van der Waals surface area contributed by atoms with Crippen LogP contribution in [0, 0.1) is 11.3 Å². The van der Waals surface area contributed by atoms with Gasteiger partial charge in [-0.3, -0.25) is 0 Å². The molecule has 0 aliphatic heterocycles. The largest absolute Gasteiger partial charge is 0.465 e. The first-order chi connectivity index (χ1) is 12.8. The lowest BCUT2D eigenvalue weighted by atomic mass is 9.92. The zero-order chi connectivity index (χ0) is 19.7. The minimum atomic E-state index is -0.240. The zero-order valence-corrected chi connectivity index (χ0v) is 18.1. The maximum Gasteiger partial charge on any atom is 0.200 e. The molecule has 0 aromatic heterocycles. The second kappa shape index (κ2) is 11.1. The summed E-state index contributed by atoms with van der Waals surface area (Å²) in [6.07, 6.45) is 8.49. The molecule has 1 aliphatic carbocycles. The summed E-state index contributed by atoms with van der Waals surface area (Å²) in [7, 11) is 0. The van der Waals surface area contributed by atoms with Gasteiger partial charge in [-0.15, -0.1) is 0 Å². The van der Waals surface area contributed by atoms with Crippen molar-refractivity contribution >= 4 is 0 Å². The quantitative estimate of drug-likeness (QED) is 0.350. The van der Waals surface area contributed by atoms with Crippen molar-refractivity contribution in [2.75, 3.05) is 13.2 Å². The summed E-state index contributed by atoms with van der Waals surface area (Å²) in [5.41, 5.74) is 1.50. The zero-order valence-electron chi connectivity index (χ0n) is 18.1. The van der Waals surface area contributed by atoms with Crippen LogP contribution < -0.4 is 4.74 Å². The second-order valence-corrected chi connectivity index (χ2v) is 9.56. The van der Waals surface area contributed by atoms with E-state index in [1.54, 1.807) is 0 Å². The van der Waals surface area contributed by atoms with Crippen molar-refractivity contribution < 1.29 is 14.2 Å². The number of hydrogen-bond acceptors (Lipinski definition) is 3. The molecule has 154 valence electrons. The first-order valence-electron chi connectivity index (χ1n) is 10.8. The van der Waals surface area contributed by atoms with E-state index in [1.807, 2.05) is 0 Å². The van der Waals surface area contributed by atoms with Crippen LogP contribution in [-0.4, -0.2) is 25.6 Å². The van der Waals surface area contributed by atoms with Crippen LogP contribution in [0.5, 0.6) is 5.75 Å². The molecule has 2 rings (SSSR count). The number of benzene rings is 1. The van der Waals surface area contributed by atoms with Gasteiger partial charge in [0.2, 0.25) is 0 Å². The van der Waals surface area contributed by atoms with Gasteiger partial charge in [0.1, 0.15) is 5.75 Å². The van der Waals surface area contributed by atoms with Gasteiger partial charge in [-0.2, -0.15) is 0 Å². The van der Waals surface area contributed by atoms with E-state index in [1.165, 1.54) is 37.7 Å². The molecule has 1 fully saturated rings. The summed E-state index contributed by atoms with van der Waals surface area (Å²) >= 11 is 0. The second-order valence-electron chi connectivity index (χ2n) is 9.56. The van der Waals surface area contributed by atoms with Crippen LogP contribution >= 0.6 is 0 Å². The van der Waals surface area contributed by atoms with Crippen LogP contribution in [0.25, 0.3) is 0 Å². The molecule has 0 heterocycles. The summed E-state index contributed by atoms with van der Waals surface area (Å²) < 4.78 is 18.2. The highest BCUT2D eigenvalue weighted by Gasteiger charge is 2.21. The lowest BCUT2D eigenvalue weighted by molar-refractivity contribution is -0.119. The van der Waals surface area contributed by atoms with E-state index in [9.17, 15) is 0 Å². The SMILES string of the molecule is CC(C)Cc1ccc(OC(CC(C)(C)C)OCCOC2CCCCC2)cc1. The Morgan fingerprint density at radius 3 is 2.22 bits per heavy atom. The molecule has 0 saturated heterocycles. The fraction of sp³-hybridized carbons (Fsp3) is 0.750. The normalized spacial score (nSPS) is 17.3. The van der Waals surface area contributed by atoms with E-state index in [0.29, 0.717) is 25.2 Å². The fourth-order valence-electron chi connectivity index (χ4n) is 3.59. The van der Waals surface area contributed by atoms with Gasteiger partial charge in [-0.25, -0.2) is 0 Å². The topological polar surface area (TPSA) is 27.7 Å². The van der Waals surface area contributed by atoms with Crippen molar-refractivity contribution in [1.29, 1.82) is 0 Å². The summed E-state index contributed by atoms with van der Waals surface area (Å²) in [4.78, 5) is 0. The van der Waals surface area contributed by atoms with Gasteiger partial charge < -0.3 is 14.2 Å². The minimum absolute atomic E-state index is 0.145. The number of hydrogen-bond donors (Lipinski definition) is 0. The van der Waals surface area contributed by atoms with Crippen LogP contribution in [0.3, 0.4) is 0 Å². The molecule has 1 atom stereocenters. The molecule has 0 amide bonds. The molecule has 0 radical (unpaired) electrons. The van der Waals surface area contributed by atoms with Crippen molar-refractivity contribution in [2.45, 2.75) is 92.0 Å². The van der Waals surface area contributed by atoms with Crippen LogP contribution in [0.2, 0.25) is 0 Å². The minimum Gasteiger partial charge on any atom is -0.465 e. The third kappa shape index (κ3) is 9.62. The number of rotatable bonds is 10. The van der Waals surface area contributed by atoms with E-state index in [-0.39, 0.29) is 11.7 Å². The smallest absolute Gasteiger partial charge is 0.200 e. The van der Waals surface area contributed by atoms with E-state index < -0.39 is 0 Å². The average molecular weight is 377 g/mol. The summed E-state index contributed by atoms with van der Waals surface area (Å²) in [6, 6.07) is 8.45. The van der Waals surface area contributed by atoms with Crippen LogP contribution in [0.4, 0.5) is 0 Å². The molecule has 3 nitrogen and oxygen atoms in total. The molecule has 0 spiro atoms. The summed E-state index contributed by atoms with van der Waals surface area (Å²) in [5, 5.41) is 0. The van der Waals surface area contributed by atoms with Gasteiger partial charge in [0.15, 0.2) is 6.29 Å². The molecule has 1 unspecified atom stereocenters. The Bertz CT molecular complexity index is 509. The van der Waals surface area contributed by atoms with Crippen molar-refractivity contribution in [3.05, 3.63) is 29.8 Å². The molecule has 0 N–H and O–H groups in total. The van der Waals surface area contributed by atoms with Crippen LogP contribution in [-0.2, 0) is 15.9 Å². The Labute approximate surface area is 166 Å². The van der Waals surface area contributed by atoms with Gasteiger partial charge in [0.05, 0.1) is 19.3 Å². The Morgan fingerprint density at radius 1 is 0.963 bits per heavy atom. The van der Waals surface area contributed by atoms with E-state index in [2.05, 4.69) is 58.9 Å². The maximum atomic E-state index is 6.16. The molecule has 3 heteroatoms. The van der Waals surface area contributed by atoms with E-state index in [4.69, 9.17) is 14.2 Å². The summed E-state index contributed by atoms with van der Waals surface area (Å²) in [5.74, 6) is 1.54. The average Bonchev–Trinajstić information content (AvgIpc) is 2.59. The molecule has 1 aromatic carbocycles. The fourth-order valence-corrected chi connectivity index (χ4v) is 3.59. The van der Waals surface area contributed by atoms with E-state index >= 15 is 0 Å². The van der Waals surface area contributed by atoms with Gasteiger partial charge in [-0.1, -0.05) is 66.0 Å². The standard InChI is InChI=1S/C24H40O3/c1-19(2)17-20-11-13-22(14-12-20)27-23(18-24(3,4)5)26-16-15-25-21-9-7-6-8-10-21/h11-14,19,21,23H,6-10,15-18H2,1-5H3. The third-order valence-electron chi connectivity index (χ3n) is 4.91. The van der Waals surface area contributed by atoms with Crippen molar-refractivity contribution in [3.8, 4) is 5.75 Å². The highest BCUT2D eigenvalue weighted by molar-refractivity contribution is 5.27. The molecule has 1 saturated carbocycles. The van der Waals surface area contributed by atoms with Crippen molar-refractivity contribution in [2.24, 2.45) is 11.3 Å². The third-order valence-corrected chi connectivity index (χ3v) is 4.91. The first-order valence-corrected chi connectivity index (χ1v) is 10.8. The summed E-state index contributed by atoms with van der Waals surface area (Å²) in [6.45, 7) is 12.4. The lowest BCUT2D eigenvalue weighted by Crippen LogP contribution is -2.29. The lowest BCUT2D eigenvalue weighted by Gasteiger charge is -2.27. The van der Waals surface area contributed by atoms with Crippen molar-refractivity contribution in [1.82, 2.24) is 0 Å². The number of ether oxygens (including phenoxy) is 3. The Morgan fingerprint density at radius 2 is 1.63 bits per heavy atom. The van der Waals surface area contributed by atoms with Crippen LogP contribution in [0.15, 0.2) is 24.3 Å². The van der Waals surface area contributed by atoms with Gasteiger partial charge in [0.25, 0.3) is 0 Å². The predicted octanol–water partition coefficient (Wildman–Crippen LogP) is 6.39. The first kappa shape index (κ1) is 22.2. The highest BCUT2D eigenvalue weighted by Crippen LogP contribution is 2.25. The van der Waals surface area contributed by atoms with Gasteiger partial charge in [-0.05, 0) is 48.3 Å². The Kier molecular flexibility index (Phi) is 9.11. The van der Waals surface area contributed by atoms with E-state index in [0.717, 1.165) is 18.6 Å². The predicted molar refractivity (Wildman–Crippen MR) is 112 cm³/mol. The molecule has 1 aromatic rings. The van der Waals surface area contributed by atoms with Gasteiger partial charge in [0, 0.05) is 6.42 Å². The molecular formula is C24H40O3. The Hall–Kier alpha value is -1.06. The van der Waals surface area contributed by atoms with Gasteiger partial charge >= 0.3 is 0 Å². The molecule has 0 bridgehead atoms. The highest BCUT2D eigenvalue weighted by atomic mass is 16.7. The molecule has 27 heavy (non-hydrogen) atoms. The van der Waals surface area contributed by atoms with Crippen LogP contribution in [0.1, 0.15) is 78.7 Å². The Balaban J connectivity index is 1.81. The maximum absolute atomic E-state index is 6.16. The molecular weight excluding hydrogens is 336 g/mol. The molecule has 1 aliphatic rings. The monoisotopic (exact) mass is 376 g/mol.